The van der Waals surface area contributed by atoms with E-state index in [0.29, 0.717) is 11.1 Å². The van der Waals surface area contributed by atoms with Crippen LogP contribution in [0.25, 0.3) is 17.7 Å². The molecule has 0 N–H and O–H groups in total. The third-order valence-corrected chi connectivity index (χ3v) is 3.82. The van der Waals surface area contributed by atoms with Crippen LogP contribution in [0, 0.1) is 0 Å². The van der Waals surface area contributed by atoms with Crippen LogP contribution in [0.1, 0.15) is 22.3 Å². The Kier molecular flexibility index (Phi) is 7.21. The van der Waals surface area contributed by atoms with E-state index >= 15 is 0 Å². The third-order valence-electron chi connectivity index (χ3n) is 3.82. The number of hydrogen-bond donors (Lipinski definition) is 0. The summed E-state index contributed by atoms with van der Waals surface area (Å²) in [6, 6.07) is 12.4. The predicted molar refractivity (Wildman–Crippen MR) is 103 cm³/mol. The molecule has 2 aromatic rings. The maximum atomic E-state index is 13.0. The van der Waals surface area contributed by atoms with Gasteiger partial charge in [0.05, 0.1) is 26.0 Å². The van der Waals surface area contributed by atoms with Crippen molar-refractivity contribution in [2.45, 2.75) is 6.18 Å². The van der Waals surface area contributed by atoms with E-state index in [0.717, 1.165) is 6.07 Å². The van der Waals surface area contributed by atoms with Gasteiger partial charge in [-0.25, -0.2) is 4.79 Å². The van der Waals surface area contributed by atoms with Gasteiger partial charge in [-0.3, -0.25) is 0 Å². The zero-order valence-corrected chi connectivity index (χ0v) is 15.4. The Morgan fingerprint density at radius 3 is 2.07 bits per heavy atom. The second-order valence-corrected chi connectivity index (χ2v) is 5.65. The fourth-order valence-corrected chi connectivity index (χ4v) is 2.56. The van der Waals surface area contributed by atoms with Crippen LogP contribution in [-0.2, 0) is 20.4 Å². The number of hydrogen-bond acceptors (Lipinski definition) is 3. The molecule has 2 rings (SSSR count). The molecule has 0 heterocycles. The van der Waals surface area contributed by atoms with E-state index in [4.69, 9.17) is 9.47 Å². The van der Waals surface area contributed by atoms with Crippen molar-refractivity contribution in [3.63, 3.8) is 0 Å². The molecule has 6 heteroatoms. The molecule has 3 nitrogen and oxygen atoms in total. The van der Waals surface area contributed by atoms with Crippen LogP contribution in [0.3, 0.4) is 0 Å². The van der Waals surface area contributed by atoms with E-state index in [1.807, 2.05) is 0 Å². The largest absolute Gasteiger partial charge is 0.503 e. The van der Waals surface area contributed by atoms with Gasteiger partial charge in [0.2, 0.25) is 0 Å². The molecular weight excluding hydrogens is 369 g/mol. The lowest BCUT2D eigenvalue weighted by molar-refractivity contribution is -0.137. The Bertz CT molecular complexity index is 909. The second kappa shape index (κ2) is 9.60. The molecule has 146 valence electrons. The molecule has 0 aliphatic heterocycles. The van der Waals surface area contributed by atoms with E-state index in [1.165, 1.54) is 44.8 Å². The maximum absolute atomic E-state index is 13.0. The van der Waals surface area contributed by atoms with E-state index in [9.17, 15) is 18.0 Å². The minimum Gasteiger partial charge on any atom is -0.503 e. The van der Waals surface area contributed by atoms with Crippen LogP contribution < -0.4 is 0 Å². The Hall–Kier alpha value is -3.28. The maximum Gasteiger partial charge on any atom is 0.416 e. The first-order valence-corrected chi connectivity index (χ1v) is 8.30. The van der Waals surface area contributed by atoms with Crippen molar-refractivity contribution >= 4 is 23.7 Å². The molecule has 0 radical (unpaired) electrons. The summed E-state index contributed by atoms with van der Waals surface area (Å²) in [4.78, 5) is 12.0. The van der Waals surface area contributed by atoms with E-state index in [2.05, 4.69) is 0 Å². The second-order valence-electron chi connectivity index (χ2n) is 5.65. The highest BCUT2D eigenvalue weighted by Gasteiger charge is 2.32. The zero-order valence-electron chi connectivity index (χ0n) is 15.4. The summed E-state index contributed by atoms with van der Waals surface area (Å²) in [6.45, 7) is 0. The number of ether oxygens (including phenoxy) is 2. The number of allylic oxidation sites excluding steroid dienone is 2. The summed E-state index contributed by atoms with van der Waals surface area (Å²) in [5.41, 5.74) is 0.872. The van der Waals surface area contributed by atoms with Crippen LogP contribution in [0.15, 0.2) is 66.9 Å². The molecule has 0 amide bonds. The van der Waals surface area contributed by atoms with Gasteiger partial charge in [0.25, 0.3) is 0 Å². The predicted octanol–water partition coefficient (Wildman–Crippen LogP) is 5.59. The summed E-state index contributed by atoms with van der Waals surface area (Å²) in [5, 5.41) is 0. The average Bonchev–Trinajstić information content (AvgIpc) is 2.69. The quantitative estimate of drug-likeness (QED) is 0.280. The minimum absolute atomic E-state index is 0.0717. The molecule has 0 aliphatic carbocycles. The summed E-state index contributed by atoms with van der Waals surface area (Å²) < 4.78 is 48.8. The van der Waals surface area contributed by atoms with Gasteiger partial charge in [-0.15, -0.1) is 0 Å². The molecule has 2 aromatic carbocycles. The smallest absolute Gasteiger partial charge is 0.416 e. The highest BCUT2D eigenvalue weighted by Crippen LogP contribution is 2.32. The molecule has 0 spiro atoms. The lowest BCUT2D eigenvalue weighted by Crippen LogP contribution is -2.06. The van der Waals surface area contributed by atoms with Crippen molar-refractivity contribution in [1.82, 2.24) is 0 Å². The fraction of sp³-hybridized carbons (Fsp3) is 0.136. The average molecular weight is 388 g/mol. The number of halogens is 3. The lowest BCUT2D eigenvalue weighted by atomic mass is 10.00. The Morgan fingerprint density at radius 2 is 1.46 bits per heavy atom. The SMILES string of the molecule is CO/C=C(/C(=O)OC)c1ccccc1/C=C/C=C/c1ccccc1C(F)(F)F. The molecule has 0 aromatic heterocycles. The van der Waals surface area contributed by atoms with Crippen molar-refractivity contribution in [2.24, 2.45) is 0 Å². The Balaban J connectivity index is 2.31. The van der Waals surface area contributed by atoms with Gasteiger partial charge in [0, 0.05) is 0 Å². The van der Waals surface area contributed by atoms with Gasteiger partial charge in [-0.05, 0) is 22.8 Å². The molecule has 0 bridgehead atoms. The molecule has 0 fully saturated rings. The van der Waals surface area contributed by atoms with Gasteiger partial charge < -0.3 is 9.47 Å². The van der Waals surface area contributed by atoms with Crippen LogP contribution in [0.5, 0.6) is 0 Å². The van der Waals surface area contributed by atoms with Gasteiger partial charge in [0.1, 0.15) is 5.57 Å². The third kappa shape index (κ3) is 5.36. The molecule has 0 saturated heterocycles. The number of methoxy groups -OCH3 is 2. The number of carbonyl (C=O) groups excluding carboxylic acids is 1. The van der Waals surface area contributed by atoms with Gasteiger partial charge in [-0.2, -0.15) is 13.2 Å². The Morgan fingerprint density at radius 1 is 0.893 bits per heavy atom. The molecule has 0 atom stereocenters. The molecule has 0 aliphatic rings. The molecule has 0 saturated carbocycles. The lowest BCUT2D eigenvalue weighted by Gasteiger charge is -2.09. The highest BCUT2D eigenvalue weighted by molar-refractivity contribution is 6.17. The highest BCUT2D eigenvalue weighted by atomic mass is 19.4. The van der Waals surface area contributed by atoms with Crippen molar-refractivity contribution in [1.29, 1.82) is 0 Å². The summed E-state index contributed by atoms with van der Waals surface area (Å²) in [7, 11) is 2.69. The molecular formula is C22H19F3O3. The topological polar surface area (TPSA) is 35.5 Å². The van der Waals surface area contributed by atoms with Crippen molar-refractivity contribution in [3.05, 3.63) is 89.2 Å². The van der Waals surface area contributed by atoms with Crippen LogP contribution in [0.2, 0.25) is 0 Å². The molecule has 28 heavy (non-hydrogen) atoms. The van der Waals surface area contributed by atoms with E-state index < -0.39 is 17.7 Å². The van der Waals surface area contributed by atoms with E-state index in [-0.39, 0.29) is 11.1 Å². The van der Waals surface area contributed by atoms with Gasteiger partial charge >= 0.3 is 12.1 Å². The fourth-order valence-electron chi connectivity index (χ4n) is 2.56. The van der Waals surface area contributed by atoms with Crippen LogP contribution >= 0.6 is 0 Å². The van der Waals surface area contributed by atoms with Gasteiger partial charge in [0.15, 0.2) is 0 Å². The van der Waals surface area contributed by atoms with Crippen molar-refractivity contribution < 1.29 is 27.4 Å². The number of alkyl halides is 3. The van der Waals surface area contributed by atoms with Crippen molar-refractivity contribution in [2.75, 3.05) is 14.2 Å². The number of carbonyl (C=O) groups is 1. The number of esters is 1. The Labute approximate surface area is 161 Å². The van der Waals surface area contributed by atoms with E-state index in [1.54, 1.807) is 42.5 Å². The normalized spacial score (nSPS) is 12.5. The minimum atomic E-state index is -4.42. The van der Waals surface area contributed by atoms with Crippen molar-refractivity contribution in [3.8, 4) is 0 Å². The van der Waals surface area contributed by atoms with Crippen LogP contribution in [0.4, 0.5) is 13.2 Å². The van der Waals surface area contributed by atoms with Crippen LogP contribution in [-0.4, -0.2) is 20.2 Å². The summed E-state index contributed by atoms with van der Waals surface area (Å²) in [5.74, 6) is -0.558. The first-order chi connectivity index (χ1) is 13.4. The monoisotopic (exact) mass is 388 g/mol. The first-order valence-electron chi connectivity index (χ1n) is 8.30. The first kappa shape index (κ1) is 21.0. The summed E-state index contributed by atoms with van der Waals surface area (Å²) in [6.07, 6.45) is 3.06. The summed E-state index contributed by atoms with van der Waals surface area (Å²) >= 11 is 0. The zero-order chi connectivity index (χ0) is 20.6. The number of rotatable bonds is 6. The molecule has 0 unspecified atom stereocenters. The van der Waals surface area contributed by atoms with Gasteiger partial charge in [-0.1, -0.05) is 66.8 Å². The standard InChI is InChI=1S/C22H19F3O3/c1-27-15-19(21(26)28-2)18-13-7-5-10-16(18)9-3-4-11-17-12-6-8-14-20(17)22(23,24)25/h3-15H,1-2H3/b9-3+,11-4+,19-15+. The number of benzene rings is 2.